The fourth-order valence-electron chi connectivity index (χ4n) is 4.70. The lowest BCUT2D eigenvalue weighted by molar-refractivity contribution is -0.142. The maximum absolute atomic E-state index is 13.2. The van der Waals surface area contributed by atoms with Crippen molar-refractivity contribution < 1.29 is 19.1 Å². The number of methoxy groups -OCH3 is 1. The first-order chi connectivity index (χ1) is 18.9. The molecule has 0 radical (unpaired) electrons. The van der Waals surface area contributed by atoms with Gasteiger partial charge in [0.05, 0.1) is 18.5 Å². The van der Waals surface area contributed by atoms with Crippen LogP contribution in [0.1, 0.15) is 29.0 Å². The molecule has 39 heavy (non-hydrogen) atoms. The van der Waals surface area contributed by atoms with Gasteiger partial charge in [0.2, 0.25) is 5.95 Å². The molecule has 2 aliphatic heterocycles. The number of fused-ring (bicyclic) bond motifs is 1. The zero-order valence-corrected chi connectivity index (χ0v) is 21.9. The van der Waals surface area contributed by atoms with Crippen molar-refractivity contribution in [1.29, 1.82) is 0 Å². The second-order valence-electron chi connectivity index (χ2n) is 9.35. The maximum atomic E-state index is 13.2. The quantitative estimate of drug-likeness (QED) is 0.260. The van der Waals surface area contributed by atoms with Crippen LogP contribution < -0.4 is 5.32 Å². The highest BCUT2D eigenvalue weighted by Gasteiger charge is 2.31. The van der Waals surface area contributed by atoms with E-state index in [4.69, 9.17) is 9.47 Å². The van der Waals surface area contributed by atoms with Crippen LogP contribution in [0.25, 0.3) is 16.6 Å². The summed E-state index contributed by atoms with van der Waals surface area (Å²) in [6.45, 7) is 10.0. The molecule has 1 aromatic carbocycles. The van der Waals surface area contributed by atoms with E-state index in [0.29, 0.717) is 61.6 Å². The molecule has 2 aliphatic rings. The summed E-state index contributed by atoms with van der Waals surface area (Å²) in [5.74, 6) is 0.762. The summed E-state index contributed by atoms with van der Waals surface area (Å²) in [5, 5.41) is 4.07. The summed E-state index contributed by atoms with van der Waals surface area (Å²) < 4.78 is 10.6. The van der Waals surface area contributed by atoms with Gasteiger partial charge in [0, 0.05) is 61.6 Å². The van der Waals surface area contributed by atoms with E-state index < -0.39 is 0 Å². The molecule has 2 aromatic heterocycles. The number of carbonyl (C=O) groups is 2. The molecule has 202 valence electrons. The van der Waals surface area contributed by atoms with Gasteiger partial charge in [-0.2, -0.15) is 0 Å². The van der Waals surface area contributed by atoms with Crippen molar-refractivity contribution >= 4 is 46.8 Å². The number of carbonyl (C=O) groups excluding carboxylic acids is 2. The van der Waals surface area contributed by atoms with Gasteiger partial charge >= 0.3 is 0 Å². The van der Waals surface area contributed by atoms with E-state index in [-0.39, 0.29) is 17.9 Å². The fraction of sp³-hybridized carbons (Fsp3) is 0.321. The maximum Gasteiger partial charge on any atom is 0.270 e. The van der Waals surface area contributed by atoms with Crippen LogP contribution in [-0.2, 0) is 14.3 Å². The third-order valence-corrected chi connectivity index (χ3v) is 6.84. The Hall–Kier alpha value is -4.51. The summed E-state index contributed by atoms with van der Waals surface area (Å²) >= 11 is 0. The second kappa shape index (κ2) is 11.5. The average Bonchev–Trinajstić information content (AvgIpc) is 3.66. The van der Waals surface area contributed by atoms with Gasteiger partial charge in [0.15, 0.2) is 0 Å². The predicted molar refractivity (Wildman–Crippen MR) is 149 cm³/mol. The number of amides is 2. The van der Waals surface area contributed by atoms with Crippen molar-refractivity contribution in [3.05, 3.63) is 66.3 Å². The minimum Gasteiger partial charge on any atom is -0.497 e. The molecule has 4 heterocycles. The molecule has 0 spiro atoms. The van der Waals surface area contributed by atoms with Gasteiger partial charge in [-0.1, -0.05) is 6.58 Å². The number of hydrogen-bond donors (Lipinski definition) is 2. The number of piperazine rings is 1. The molecule has 3 aromatic rings. The van der Waals surface area contributed by atoms with Crippen molar-refractivity contribution in [2.75, 3.05) is 45.2 Å². The molecular formula is C28H31N7O4. The molecule has 2 N–H and O–H groups in total. The highest BCUT2D eigenvalue weighted by molar-refractivity contribution is 5.99. The van der Waals surface area contributed by atoms with E-state index in [1.807, 2.05) is 24.3 Å². The summed E-state index contributed by atoms with van der Waals surface area (Å²) in [5.41, 5.74) is 3.18. The Bertz CT molecular complexity index is 1430. The first-order valence-electron chi connectivity index (χ1n) is 12.8. The Kier molecular flexibility index (Phi) is 7.69. The van der Waals surface area contributed by atoms with Gasteiger partial charge in [-0.25, -0.2) is 9.97 Å². The Morgan fingerprint density at radius 3 is 2.72 bits per heavy atom. The Balaban J connectivity index is 1.25. The zero-order valence-electron chi connectivity index (χ0n) is 21.9. The molecule has 0 aliphatic carbocycles. The van der Waals surface area contributed by atoms with Crippen LogP contribution in [0, 0.1) is 0 Å². The molecule has 0 unspecified atom stereocenters. The van der Waals surface area contributed by atoms with Crippen LogP contribution in [0.3, 0.4) is 0 Å². The minimum atomic E-state index is -0.329. The lowest BCUT2D eigenvalue weighted by Gasteiger charge is -2.35. The summed E-state index contributed by atoms with van der Waals surface area (Å²) in [7, 11) is 1.53. The second-order valence-corrected chi connectivity index (χ2v) is 9.35. The number of benzene rings is 1. The number of nitrogens with one attached hydrogen (secondary N) is 2. The SMILES string of the molecule is C=N/C(=C\C(=C)OC)c1ccnc(Nc2ccc3[nH]c(C(=O)N4CCN(C(=O)[C@H]5CCCO5)CC4)cc3c2)n1. The average molecular weight is 530 g/mol. The van der Waals surface area contributed by atoms with E-state index in [2.05, 4.69) is 38.6 Å². The van der Waals surface area contributed by atoms with E-state index >= 15 is 0 Å². The Morgan fingerprint density at radius 2 is 2.00 bits per heavy atom. The standard InChI is InChI=1S/C28H31N7O4/c1-18(38-3)15-23(29-2)22-8-9-30-28(33-22)31-20-6-7-21-19(16-20)17-24(32-21)26(36)34-10-12-35(13-11-34)27(37)25-5-4-14-39-25/h6-9,15-17,25,32H,1-2,4-5,10-14H2,3H3,(H,30,31,33)/b23-15-/t25-/m1/s1. The number of ether oxygens (including phenoxy) is 2. The van der Waals surface area contributed by atoms with Crippen LogP contribution in [-0.4, -0.2) is 89.3 Å². The van der Waals surface area contributed by atoms with E-state index in [0.717, 1.165) is 29.4 Å². The molecule has 2 amide bonds. The van der Waals surface area contributed by atoms with Gasteiger partial charge in [0.25, 0.3) is 11.8 Å². The van der Waals surface area contributed by atoms with E-state index in [1.165, 1.54) is 7.11 Å². The van der Waals surface area contributed by atoms with Crippen LogP contribution >= 0.6 is 0 Å². The molecular weight excluding hydrogens is 498 g/mol. The van der Waals surface area contributed by atoms with Crippen LogP contribution in [0.5, 0.6) is 0 Å². The topological polar surface area (TPSA) is 125 Å². The van der Waals surface area contributed by atoms with Gasteiger partial charge in [-0.3, -0.25) is 14.6 Å². The third-order valence-electron chi connectivity index (χ3n) is 6.84. The fourth-order valence-corrected chi connectivity index (χ4v) is 4.70. The molecule has 2 saturated heterocycles. The van der Waals surface area contributed by atoms with Crippen LogP contribution in [0.15, 0.2) is 59.9 Å². The zero-order chi connectivity index (χ0) is 27.4. The number of anilines is 2. The molecule has 0 saturated carbocycles. The van der Waals surface area contributed by atoms with Gasteiger partial charge in [-0.15, -0.1) is 0 Å². The normalized spacial score (nSPS) is 17.8. The van der Waals surface area contributed by atoms with Crippen molar-refractivity contribution in [2.45, 2.75) is 18.9 Å². The number of nitrogens with zero attached hydrogens (tertiary/aromatic N) is 5. The highest BCUT2D eigenvalue weighted by Crippen LogP contribution is 2.24. The van der Waals surface area contributed by atoms with E-state index in [1.54, 1.807) is 28.1 Å². The number of allylic oxidation sites excluding steroid dienone is 1. The molecule has 0 bridgehead atoms. The monoisotopic (exact) mass is 529 g/mol. The predicted octanol–water partition coefficient (Wildman–Crippen LogP) is 3.37. The number of hydrogen-bond acceptors (Lipinski definition) is 8. The number of aliphatic imine (C=N–C) groups is 1. The Morgan fingerprint density at radius 1 is 1.21 bits per heavy atom. The first-order valence-corrected chi connectivity index (χ1v) is 12.8. The van der Waals surface area contributed by atoms with Gasteiger partial charge < -0.3 is 29.6 Å². The van der Waals surface area contributed by atoms with Gasteiger partial charge in [-0.05, 0) is 49.9 Å². The largest absolute Gasteiger partial charge is 0.497 e. The number of rotatable bonds is 8. The lowest BCUT2D eigenvalue weighted by Crippen LogP contribution is -2.52. The molecule has 2 fully saturated rings. The lowest BCUT2D eigenvalue weighted by atomic mass is 10.2. The van der Waals surface area contributed by atoms with Crippen molar-refractivity contribution in [1.82, 2.24) is 24.8 Å². The first kappa shape index (κ1) is 26.1. The summed E-state index contributed by atoms with van der Waals surface area (Å²) in [6.07, 6.45) is 4.63. The minimum absolute atomic E-state index is 0.0354. The Labute approximate surface area is 226 Å². The van der Waals surface area contributed by atoms with Crippen LogP contribution in [0.2, 0.25) is 0 Å². The molecule has 11 heteroatoms. The number of aromatic amines is 1. The van der Waals surface area contributed by atoms with Crippen molar-refractivity contribution in [3.63, 3.8) is 0 Å². The summed E-state index contributed by atoms with van der Waals surface area (Å²) in [6, 6.07) is 9.26. The van der Waals surface area contributed by atoms with Crippen molar-refractivity contribution in [2.24, 2.45) is 4.99 Å². The number of aromatic nitrogens is 3. The highest BCUT2D eigenvalue weighted by atomic mass is 16.5. The molecule has 1 atom stereocenters. The molecule has 11 nitrogen and oxygen atoms in total. The van der Waals surface area contributed by atoms with Crippen LogP contribution in [0.4, 0.5) is 11.6 Å². The number of H-pyrrole nitrogens is 1. The third kappa shape index (κ3) is 5.83. The van der Waals surface area contributed by atoms with E-state index in [9.17, 15) is 9.59 Å². The van der Waals surface area contributed by atoms with Gasteiger partial charge in [0.1, 0.15) is 17.6 Å². The summed E-state index contributed by atoms with van der Waals surface area (Å²) in [4.78, 5) is 45.4. The van der Waals surface area contributed by atoms with Crippen molar-refractivity contribution in [3.8, 4) is 0 Å². The molecule has 5 rings (SSSR count). The smallest absolute Gasteiger partial charge is 0.270 e.